The van der Waals surface area contributed by atoms with Gasteiger partial charge in [0.15, 0.2) is 0 Å². The maximum absolute atomic E-state index is 14.3. The number of aliphatic carboxylic acids is 1. The van der Waals surface area contributed by atoms with Crippen LogP contribution in [-0.2, 0) is 22.5 Å². The first-order chi connectivity index (χ1) is 17.4. The van der Waals surface area contributed by atoms with Gasteiger partial charge in [-0.15, -0.1) is 6.58 Å². The molecule has 0 saturated heterocycles. The summed E-state index contributed by atoms with van der Waals surface area (Å²) < 4.78 is 25.7. The van der Waals surface area contributed by atoms with E-state index in [4.69, 9.17) is 14.6 Å². The minimum absolute atomic E-state index is 0.0903. The number of nitrogens with one attached hydrogen (secondary N) is 1. The summed E-state index contributed by atoms with van der Waals surface area (Å²) >= 11 is 0. The predicted molar refractivity (Wildman–Crippen MR) is 142 cm³/mol. The van der Waals surface area contributed by atoms with Crippen molar-refractivity contribution in [1.29, 1.82) is 0 Å². The van der Waals surface area contributed by atoms with Gasteiger partial charge in [0, 0.05) is 18.7 Å². The summed E-state index contributed by atoms with van der Waals surface area (Å²) in [4.78, 5) is 10.7. The van der Waals surface area contributed by atoms with Gasteiger partial charge in [0.05, 0.1) is 13.2 Å². The van der Waals surface area contributed by atoms with Crippen molar-refractivity contribution in [1.82, 2.24) is 0 Å². The highest BCUT2D eigenvalue weighted by molar-refractivity contribution is 5.72. The van der Waals surface area contributed by atoms with E-state index in [0.29, 0.717) is 37.6 Å². The number of benzene rings is 3. The number of rotatable bonds is 14. The second-order valence-corrected chi connectivity index (χ2v) is 8.72. The van der Waals surface area contributed by atoms with Crippen molar-refractivity contribution in [2.45, 2.75) is 39.7 Å². The van der Waals surface area contributed by atoms with Crippen LogP contribution in [0.5, 0.6) is 5.75 Å². The largest absolute Gasteiger partial charge is 0.491 e. The number of carboxylic acids is 1. The fourth-order valence-electron chi connectivity index (χ4n) is 4.09. The van der Waals surface area contributed by atoms with Crippen LogP contribution in [0.25, 0.3) is 11.1 Å². The fraction of sp³-hybridized carbons (Fsp3) is 0.300. The molecule has 6 heteroatoms. The first kappa shape index (κ1) is 27.0. The summed E-state index contributed by atoms with van der Waals surface area (Å²) in [6.45, 7) is 10.1. The second kappa shape index (κ2) is 13.4. The molecule has 0 atom stereocenters. The summed E-state index contributed by atoms with van der Waals surface area (Å²) in [6, 6.07) is 17.2. The van der Waals surface area contributed by atoms with Crippen molar-refractivity contribution in [3.8, 4) is 16.9 Å². The summed E-state index contributed by atoms with van der Waals surface area (Å²) in [5, 5.41) is 12.1. The van der Waals surface area contributed by atoms with Gasteiger partial charge in [-0.1, -0.05) is 30.3 Å². The molecule has 36 heavy (non-hydrogen) atoms. The predicted octanol–water partition coefficient (Wildman–Crippen LogP) is 6.71. The van der Waals surface area contributed by atoms with Crippen LogP contribution in [0.1, 0.15) is 35.1 Å². The van der Waals surface area contributed by atoms with Crippen molar-refractivity contribution in [2.75, 3.05) is 25.1 Å². The van der Waals surface area contributed by atoms with E-state index in [-0.39, 0.29) is 12.8 Å². The molecule has 190 valence electrons. The van der Waals surface area contributed by atoms with Gasteiger partial charge in [0.2, 0.25) is 0 Å². The molecule has 0 spiro atoms. The van der Waals surface area contributed by atoms with Crippen LogP contribution in [0, 0.1) is 19.7 Å². The lowest BCUT2D eigenvalue weighted by atomic mass is 9.94. The van der Waals surface area contributed by atoms with E-state index < -0.39 is 11.8 Å². The Morgan fingerprint density at radius 3 is 2.53 bits per heavy atom. The van der Waals surface area contributed by atoms with Gasteiger partial charge < -0.3 is 19.9 Å². The molecule has 3 rings (SSSR count). The van der Waals surface area contributed by atoms with Crippen molar-refractivity contribution < 1.29 is 23.8 Å². The van der Waals surface area contributed by atoms with Gasteiger partial charge in [-0.3, -0.25) is 4.79 Å². The smallest absolute Gasteiger partial charge is 0.303 e. The van der Waals surface area contributed by atoms with E-state index in [0.717, 1.165) is 34.4 Å². The standard InChI is InChI=1S/C30H34FNO4/c1-4-5-13-35-14-15-36-27-16-21(2)30(22(3)17-27)25-8-6-7-23(18-25)20-32-26-11-9-24(28(31)19-26)10-12-29(33)34/h4,6-9,11,16-19,32H,1,5,10,12-15,20H2,2-3H3,(H,33,34). The van der Waals surface area contributed by atoms with Gasteiger partial charge in [-0.25, -0.2) is 4.39 Å². The molecule has 3 aromatic carbocycles. The molecule has 0 saturated carbocycles. The topological polar surface area (TPSA) is 67.8 Å². The van der Waals surface area contributed by atoms with Gasteiger partial charge in [-0.05, 0) is 90.4 Å². The third-order valence-corrected chi connectivity index (χ3v) is 5.84. The van der Waals surface area contributed by atoms with Crippen molar-refractivity contribution in [3.63, 3.8) is 0 Å². The molecular weight excluding hydrogens is 457 g/mol. The van der Waals surface area contributed by atoms with Crippen molar-refractivity contribution in [2.24, 2.45) is 0 Å². The zero-order valence-corrected chi connectivity index (χ0v) is 21.0. The minimum atomic E-state index is -0.936. The Hall–Kier alpha value is -3.64. The third kappa shape index (κ3) is 7.95. The van der Waals surface area contributed by atoms with Gasteiger partial charge in [0.25, 0.3) is 0 Å². The fourth-order valence-corrected chi connectivity index (χ4v) is 4.09. The Morgan fingerprint density at radius 2 is 1.83 bits per heavy atom. The van der Waals surface area contributed by atoms with Crippen LogP contribution < -0.4 is 10.1 Å². The first-order valence-electron chi connectivity index (χ1n) is 12.1. The molecule has 0 heterocycles. The highest BCUT2D eigenvalue weighted by Gasteiger charge is 2.10. The molecule has 5 nitrogen and oxygen atoms in total. The molecule has 0 aliphatic heterocycles. The number of anilines is 1. The lowest BCUT2D eigenvalue weighted by Crippen LogP contribution is -2.07. The molecule has 0 aliphatic carbocycles. The quantitative estimate of drug-likeness (QED) is 0.194. The number of carbonyl (C=O) groups is 1. The van der Waals surface area contributed by atoms with Crippen LogP contribution >= 0.6 is 0 Å². The number of hydrogen-bond acceptors (Lipinski definition) is 4. The second-order valence-electron chi connectivity index (χ2n) is 8.72. The Morgan fingerprint density at radius 1 is 1.06 bits per heavy atom. The van der Waals surface area contributed by atoms with E-state index in [2.05, 4.69) is 37.9 Å². The zero-order chi connectivity index (χ0) is 25.9. The molecule has 0 aromatic heterocycles. The lowest BCUT2D eigenvalue weighted by Gasteiger charge is -2.15. The molecule has 0 amide bonds. The van der Waals surface area contributed by atoms with Crippen molar-refractivity contribution in [3.05, 3.63) is 95.3 Å². The normalized spacial score (nSPS) is 10.8. The molecular formula is C30H34FNO4. The van der Waals surface area contributed by atoms with Crippen LogP contribution in [0.4, 0.5) is 10.1 Å². The summed E-state index contributed by atoms with van der Waals surface area (Å²) in [5.41, 5.74) is 6.66. The molecule has 0 bridgehead atoms. The summed E-state index contributed by atoms with van der Waals surface area (Å²) in [6.07, 6.45) is 2.75. The Kier molecular flexibility index (Phi) is 10.1. The number of carboxylic acid groups (broad SMARTS) is 1. The SMILES string of the molecule is C=CCCOCCOc1cc(C)c(-c2cccc(CNc3ccc(CCC(=O)O)c(F)c3)c2)c(C)c1. The van der Waals surface area contributed by atoms with E-state index in [1.807, 2.05) is 30.3 Å². The van der Waals surface area contributed by atoms with E-state index in [1.54, 1.807) is 12.1 Å². The van der Waals surface area contributed by atoms with Crippen LogP contribution in [0.3, 0.4) is 0 Å². The molecule has 0 fully saturated rings. The maximum Gasteiger partial charge on any atom is 0.303 e. The molecule has 0 aliphatic rings. The molecule has 3 aromatic rings. The number of halogens is 1. The third-order valence-electron chi connectivity index (χ3n) is 5.84. The number of ether oxygens (including phenoxy) is 2. The average molecular weight is 492 g/mol. The van der Waals surface area contributed by atoms with Crippen molar-refractivity contribution >= 4 is 11.7 Å². The average Bonchev–Trinajstić information content (AvgIpc) is 2.84. The number of aryl methyl sites for hydroxylation is 3. The van der Waals surface area contributed by atoms with Gasteiger partial charge in [0.1, 0.15) is 18.2 Å². The highest BCUT2D eigenvalue weighted by Crippen LogP contribution is 2.31. The Bertz CT molecular complexity index is 1170. The molecule has 2 N–H and O–H groups in total. The monoisotopic (exact) mass is 491 g/mol. The minimum Gasteiger partial charge on any atom is -0.491 e. The van der Waals surface area contributed by atoms with E-state index >= 15 is 0 Å². The first-order valence-corrected chi connectivity index (χ1v) is 12.1. The van der Waals surface area contributed by atoms with Gasteiger partial charge >= 0.3 is 5.97 Å². The van der Waals surface area contributed by atoms with Gasteiger partial charge in [-0.2, -0.15) is 0 Å². The Labute approximate surface area is 212 Å². The van der Waals surface area contributed by atoms with E-state index in [9.17, 15) is 9.18 Å². The van der Waals surface area contributed by atoms with E-state index in [1.165, 1.54) is 11.6 Å². The Balaban J connectivity index is 1.63. The number of hydrogen-bond donors (Lipinski definition) is 2. The lowest BCUT2D eigenvalue weighted by molar-refractivity contribution is -0.136. The summed E-state index contributed by atoms with van der Waals surface area (Å²) in [5.74, 6) is -0.506. The van der Waals surface area contributed by atoms with Crippen LogP contribution in [-0.4, -0.2) is 30.9 Å². The maximum atomic E-state index is 14.3. The highest BCUT2D eigenvalue weighted by atomic mass is 19.1. The summed E-state index contributed by atoms with van der Waals surface area (Å²) in [7, 11) is 0. The van der Waals surface area contributed by atoms with Crippen LogP contribution in [0.2, 0.25) is 0 Å². The zero-order valence-electron chi connectivity index (χ0n) is 21.0. The molecule has 0 radical (unpaired) electrons. The van der Waals surface area contributed by atoms with Crippen LogP contribution in [0.15, 0.2) is 67.3 Å². The molecule has 0 unspecified atom stereocenters.